The molecule has 1 aliphatic carbocycles. The third kappa shape index (κ3) is 4.26. The average molecular weight is 306 g/mol. The molecule has 1 aromatic carbocycles. The summed E-state index contributed by atoms with van der Waals surface area (Å²) in [6, 6.07) is 7.56. The van der Waals surface area contributed by atoms with Crippen LogP contribution >= 0.6 is 11.8 Å². The summed E-state index contributed by atoms with van der Waals surface area (Å²) in [6.45, 7) is 11.6. The topological polar surface area (TPSA) is 12.0 Å². The van der Waals surface area contributed by atoms with Crippen LogP contribution in [0.15, 0.2) is 23.1 Å². The zero-order valence-electron chi connectivity index (χ0n) is 14.5. The molecule has 3 atom stereocenters. The number of benzene rings is 1. The van der Waals surface area contributed by atoms with E-state index in [1.807, 2.05) is 0 Å². The van der Waals surface area contributed by atoms with Crippen molar-refractivity contribution in [3.05, 3.63) is 29.3 Å². The summed E-state index contributed by atoms with van der Waals surface area (Å²) in [6.07, 6.45) is 3.99. The summed E-state index contributed by atoms with van der Waals surface area (Å²) in [7, 11) is 2.12. The largest absolute Gasteiger partial charge is 0.316 e. The maximum Gasteiger partial charge on any atom is 0.0251 e. The van der Waals surface area contributed by atoms with Crippen LogP contribution in [0.2, 0.25) is 0 Å². The smallest absolute Gasteiger partial charge is 0.0251 e. The van der Waals surface area contributed by atoms with Gasteiger partial charge in [-0.25, -0.2) is 0 Å². The molecule has 1 aromatic rings. The second kappa shape index (κ2) is 6.75. The lowest BCUT2D eigenvalue weighted by Crippen LogP contribution is -2.43. The van der Waals surface area contributed by atoms with E-state index in [9.17, 15) is 0 Å². The number of thioether (sulfide) groups is 1. The Bertz CT molecular complexity index is 475. The average Bonchev–Trinajstić information content (AvgIpc) is 2.42. The molecule has 0 amide bonds. The van der Waals surface area contributed by atoms with Crippen molar-refractivity contribution in [1.29, 1.82) is 0 Å². The Morgan fingerprint density at radius 1 is 1.10 bits per heavy atom. The van der Waals surface area contributed by atoms with Gasteiger partial charge in [0.2, 0.25) is 0 Å². The van der Waals surface area contributed by atoms with Crippen LogP contribution in [-0.4, -0.2) is 18.3 Å². The van der Waals surface area contributed by atoms with E-state index in [1.54, 1.807) is 0 Å². The van der Waals surface area contributed by atoms with Crippen molar-refractivity contribution < 1.29 is 0 Å². The monoisotopic (exact) mass is 305 g/mol. The van der Waals surface area contributed by atoms with Crippen LogP contribution in [-0.2, 0) is 0 Å². The minimum atomic E-state index is 0.431. The highest BCUT2D eigenvalue weighted by Crippen LogP contribution is 2.43. The molecule has 1 N–H and O–H groups in total. The molecule has 0 radical (unpaired) electrons. The number of rotatable bonds is 3. The number of hydrogen-bond donors (Lipinski definition) is 1. The lowest BCUT2D eigenvalue weighted by atomic mass is 9.71. The van der Waals surface area contributed by atoms with Crippen molar-refractivity contribution in [2.75, 3.05) is 7.05 Å². The van der Waals surface area contributed by atoms with Gasteiger partial charge in [0.05, 0.1) is 0 Å². The molecule has 0 heterocycles. The maximum absolute atomic E-state index is 3.55. The number of nitrogens with one attached hydrogen (secondary N) is 1. The zero-order chi connectivity index (χ0) is 15.6. The Hall–Kier alpha value is -0.470. The Labute approximate surface area is 135 Å². The minimum absolute atomic E-state index is 0.431. The molecule has 0 aromatic heterocycles. The Kier molecular flexibility index (Phi) is 5.43. The van der Waals surface area contributed by atoms with E-state index < -0.39 is 0 Å². The molecule has 0 spiro atoms. The Balaban J connectivity index is 2.12. The van der Waals surface area contributed by atoms with E-state index >= 15 is 0 Å². The van der Waals surface area contributed by atoms with Gasteiger partial charge in [-0.2, -0.15) is 0 Å². The van der Waals surface area contributed by atoms with Crippen molar-refractivity contribution in [1.82, 2.24) is 5.32 Å². The lowest BCUT2D eigenvalue weighted by molar-refractivity contribution is 0.167. The Morgan fingerprint density at radius 3 is 2.38 bits per heavy atom. The molecule has 0 bridgehead atoms. The molecule has 1 nitrogen and oxygen atoms in total. The van der Waals surface area contributed by atoms with Crippen molar-refractivity contribution in [2.45, 2.75) is 70.1 Å². The van der Waals surface area contributed by atoms with Gasteiger partial charge in [-0.05, 0) is 74.8 Å². The molecule has 3 unspecified atom stereocenters. The zero-order valence-corrected chi connectivity index (χ0v) is 15.3. The Morgan fingerprint density at radius 2 is 1.81 bits per heavy atom. The second-order valence-electron chi connectivity index (χ2n) is 7.67. The number of hydrogen-bond acceptors (Lipinski definition) is 2. The third-order valence-electron chi connectivity index (χ3n) is 5.15. The third-order valence-corrected chi connectivity index (χ3v) is 6.50. The van der Waals surface area contributed by atoms with Gasteiger partial charge in [-0.1, -0.05) is 26.8 Å². The van der Waals surface area contributed by atoms with Gasteiger partial charge < -0.3 is 5.32 Å². The van der Waals surface area contributed by atoms with Gasteiger partial charge in [0, 0.05) is 16.2 Å². The molecular formula is C19H31NS. The summed E-state index contributed by atoms with van der Waals surface area (Å²) >= 11 is 2.08. The van der Waals surface area contributed by atoms with Gasteiger partial charge in [0.25, 0.3) is 0 Å². The predicted molar refractivity (Wildman–Crippen MR) is 95.2 cm³/mol. The summed E-state index contributed by atoms with van der Waals surface area (Å²) in [5.41, 5.74) is 3.23. The minimum Gasteiger partial charge on any atom is -0.316 e. The van der Waals surface area contributed by atoms with Gasteiger partial charge in [0.15, 0.2) is 0 Å². The van der Waals surface area contributed by atoms with E-state index in [0.29, 0.717) is 16.7 Å². The van der Waals surface area contributed by atoms with E-state index in [-0.39, 0.29) is 0 Å². The SMILES string of the molecule is CNC1CCC(C(C)(C)C)CC1Sc1ccc(C)c(C)c1. The van der Waals surface area contributed by atoms with Crippen LogP contribution in [0.4, 0.5) is 0 Å². The molecule has 2 rings (SSSR count). The van der Waals surface area contributed by atoms with Crippen molar-refractivity contribution in [3.8, 4) is 0 Å². The highest BCUT2D eigenvalue weighted by molar-refractivity contribution is 8.00. The van der Waals surface area contributed by atoms with Gasteiger partial charge >= 0.3 is 0 Å². The molecule has 1 saturated carbocycles. The standard InChI is InChI=1S/C19H31NS/c1-13-7-9-16(11-14(13)2)21-18-12-15(19(3,4)5)8-10-17(18)20-6/h7,9,11,15,17-18,20H,8,10,12H2,1-6H3. The molecule has 0 aliphatic heterocycles. The van der Waals surface area contributed by atoms with Crippen LogP contribution in [0.3, 0.4) is 0 Å². The molecule has 0 saturated heterocycles. The molecule has 118 valence electrons. The first-order valence-electron chi connectivity index (χ1n) is 8.22. The fourth-order valence-electron chi connectivity index (χ4n) is 3.34. The normalized spacial score (nSPS) is 26.9. The van der Waals surface area contributed by atoms with Gasteiger partial charge in [-0.15, -0.1) is 11.8 Å². The van der Waals surface area contributed by atoms with Crippen molar-refractivity contribution >= 4 is 11.8 Å². The van der Waals surface area contributed by atoms with E-state index in [0.717, 1.165) is 5.92 Å². The highest BCUT2D eigenvalue weighted by Gasteiger charge is 2.35. The summed E-state index contributed by atoms with van der Waals surface area (Å²) < 4.78 is 0. The van der Waals surface area contributed by atoms with E-state index in [1.165, 1.54) is 35.3 Å². The quantitative estimate of drug-likeness (QED) is 0.824. The predicted octanol–water partition coefficient (Wildman–Crippen LogP) is 5.20. The van der Waals surface area contributed by atoms with Crippen LogP contribution in [0.25, 0.3) is 0 Å². The molecule has 2 heteroatoms. The van der Waals surface area contributed by atoms with E-state index in [4.69, 9.17) is 0 Å². The van der Waals surface area contributed by atoms with Crippen LogP contribution in [0, 0.1) is 25.2 Å². The summed E-state index contributed by atoms with van der Waals surface area (Å²) in [5.74, 6) is 0.839. The first-order chi connectivity index (χ1) is 9.81. The lowest BCUT2D eigenvalue weighted by Gasteiger charge is -2.41. The summed E-state index contributed by atoms with van der Waals surface area (Å²) in [5, 5.41) is 4.24. The molecule has 1 aliphatic rings. The van der Waals surface area contributed by atoms with Crippen LogP contribution in [0.5, 0.6) is 0 Å². The molecule has 1 fully saturated rings. The van der Waals surface area contributed by atoms with Gasteiger partial charge in [0.1, 0.15) is 0 Å². The van der Waals surface area contributed by atoms with E-state index in [2.05, 4.69) is 76.9 Å². The number of aryl methyl sites for hydroxylation is 2. The summed E-state index contributed by atoms with van der Waals surface area (Å²) in [4.78, 5) is 1.43. The fraction of sp³-hybridized carbons (Fsp3) is 0.684. The van der Waals surface area contributed by atoms with Crippen molar-refractivity contribution in [2.24, 2.45) is 11.3 Å². The van der Waals surface area contributed by atoms with Crippen molar-refractivity contribution in [3.63, 3.8) is 0 Å². The molecular weight excluding hydrogens is 274 g/mol. The fourth-order valence-corrected chi connectivity index (χ4v) is 4.84. The highest BCUT2D eigenvalue weighted by atomic mass is 32.2. The first kappa shape index (κ1) is 16.9. The second-order valence-corrected chi connectivity index (χ2v) is 8.99. The molecule has 21 heavy (non-hydrogen) atoms. The first-order valence-corrected chi connectivity index (χ1v) is 9.10. The van der Waals surface area contributed by atoms with Crippen LogP contribution in [0.1, 0.15) is 51.2 Å². The maximum atomic E-state index is 3.55. The van der Waals surface area contributed by atoms with Gasteiger partial charge in [-0.3, -0.25) is 0 Å². The van der Waals surface area contributed by atoms with Crippen LogP contribution < -0.4 is 5.32 Å².